The molecule has 66 valence electrons. The van der Waals surface area contributed by atoms with Crippen molar-refractivity contribution in [3.63, 3.8) is 0 Å². The van der Waals surface area contributed by atoms with Crippen LogP contribution in [0, 0.1) is 5.82 Å². The van der Waals surface area contributed by atoms with Crippen molar-refractivity contribution in [1.29, 1.82) is 0 Å². The summed E-state index contributed by atoms with van der Waals surface area (Å²) < 4.78 is 13.1. The molecule has 0 aliphatic heterocycles. The highest BCUT2D eigenvalue weighted by Gasteiger charge is 2.05. The molecule has 0 aliphatic carbocycles. The summed E-state index contributed by atoms with van der Waals surface area (Å²) in [6.45, 7) is 0.540. The highest BCUT2D eigenvalue weighted by Crippen LogP contribution is 2.16. The monoisotopic (exact) mass is 168 g/mol. The molecular formula is C9H13FN2. The van der Waals surface area contributed by atoms with E-state index in [4.69, 9.17) is 5.73 Å². The van der Waals surface area contributed by atoms with Crippen LogP contribution in [0.2, 0.25) is 0 Å². The Bertz CT molecular complexity index is 251. The molecule has 0 bridgehead atoms. The summed E-state index contributed by atoms with van der Waals surface area (Å²) in [5.41, 5.74) is 6.69. The molecule has 0 fully saturated rings. The van der Waals surface area contributed by atoms with E-state index in [0.29, 0.717) is 17.8 Å². The number of hydrogen-bond acceptors (Lipinski definition) is 2. The Morgan fingerprint density at radius 3 is 2.58 bits per heavy atom. The molecule has 0 aromatic heterocycles. The summed E-state index contributed by atoms with van der Waals surface area (Å²) in [7, 11) is 3.76. The Morgan fingerprint density at radius 1 is 1.42 bits per heavy atom. The van der Waals surface area contributed by atoms with Gasteiger partial charge in [-0.05, 0) is 26.2 Å². The van der Waals surface area contributed by atoms with Crippen LogP contribution in [0.15, 0.2) is 18.2 Å². The smallest absolute Gasteiger partial charge is 0.129 e. The SMILES string of the molecule is CN(C)Cc1c(N)cccc1F. The summed E-state index contributed by atoms with van der Waals surface area (Å²) in [4.78, 5) is 1.88. The van der Waals surface area contributed by atoms with Crippen molar-refractivity contribution in [2.24, 2.45) is 0 Å². The number of hydrogen-bond donors (Lipinski definition) is 1. The van der Waals surface area contributed by atoms with Gasteiger partial charge in [0.1, 0.15) is 5.82 Å². The molecule has 3 heteroatoms. The molecule has 0 spiro atoms. The Kier molecular flexibility index (Phi) is 2.65. The van der Waals surface area contributed by atoms with Gasteiger partial charge in [0.15, 0.2) is 0 Å². The fraction of sp³-hybridized carbons (Fsp3) is 0.333. The van der Waals surface area contributed by atoms with Gasteiger partial charge in [0, 0.05) is 17.8 Å². The average Bonchev–Trinajstić information content (AvgIpc) is 1.97. The normalized spacial score (nSPS) is 10.7. The van der Waals surface area contributed by atoms with Crippen LogP contribution in [0.5, 0.6) is 0 Å². The third-order valence-corrected chi connectivity index (χ3v) is 1.63. The van der Waals surface area contributed by atoms with Gasteiger partial charge in [0.2, 0.25) is 0 Å². The highest BCUT2D eigenvalue weighted by atomic mass is 19.1. The summed E-state index contributed by atoms with van der Waals surface area (Å²) >= 11 is 0. The average molecular weight is 168 g/mol. The van der Waals surface area contributed by atoms with Crippen LogP contribution in [0.1, 0.15) is 5.56 Å². The van der Waals surface area contributed by atoms with E-state index < -0.39 is 0 Å². The molecule has 12 heavy (non-hydrogen) atoms. The van der Waals surface area contributed by atoms with Gasteiger partial charge in [-0.25, -0.2) is 4.39 Å². The Labute approximate surface area is 71.8 Å². The molecule has 0 amide bonds. The zero-order chi connectivity index (χ0) is 9.14. The number of benzene rings is 1. The van der Waals surface area contributed by atoms with Gasteiger partial charge in [-0.15, -0.1) is 0 Å². The minimum atomic E-state index is -0.233. The lowest BCUT2D eigenvalue weighted by Gasteiger charge is -2.12. The van der Waals surface area contributed by atoms with E-state index in [1.807, 2.05) is 19.0 Å². The van der Waals surface area contributed by atoms with E-state index in [-0.39, 0.29) is 5.82 Å². The summed E-state index contributed by atoms with van der Waals surface area (Å²) in [5, 5.41) is 0. The van der Waals surface area contributed by atoms with Gasteiger partial charge >= 0.3 is 0 Å². The summed E-state index contributed by atoms with van der Waals surface area (Å²) in [5.74, 6) is -0.233. The third kappa shape index (κ3) is 1.95. The maximum absolute atomic E-state index is 13.1. The van der Waals surface area contributed by atoms with Crippen LogP contribution in [0.4, 0.5) is 10.1 Å². The molecule has 0 atom stereocenters. The first-order valence-corrected chi connectivity index (χ1v) is 3.79. The van der Waals surface area contributed by atoms with Crippen molar-refractivity contribution in [2.75, 3.05) is 19.8 Å². The standard InChI is InChI=1S/C9H13FN2/c1-12(2)6-7-8(10)4-3-5-9(7)11/h3-5H,6,11H2,1-2H3. The van der Waals surface area contributed by atoms with Gasteiger partial charge in [-0.2, -0.15) is 0 Å². The first-order valence-electron chi connectivity index (χ1n) is 3.79. The maximum atomic E-state index is 13.1. The molecule has 1 rings (SSSR count). The van der Waals surface area contributed by atoms with Gasteiger partial charge in [0.25, 0.3) is 0 Å². The minimum absolute atomic E-state index is 0.233. The fourth-order valence-electron chi connectivity index (χ4n) is 1.06. The van der Waals surface area contributed by atoms with Crippen LogP contribution in [0.25, 0.3) is 0 Å². The number of rotatable bonds is 2. The van der Waals surface area contributed by atoms with E-state index in [2.05, 4.69) is 0 Å². The lowest BCUT2D eigenvalue weighted by Crippen LogP contribution is -2.13. The molecule has 0 radical (unpaired) electrons. The number of anilines is 1. The lowest BCUT2D eigenvalue weighted by atomic mass is 10.1. The Morgan fingerprint density at radius 2 is 2.08 bits per heavy atom. The van der Waals surface area contributed by atoms with E-state index in [1.54, 1.807) is 12.1 Å². The van der Waals surface area contributed by atoms with Crippen LogP contribution >= 0.6 is 0 Å². The van der Waals surface area contributed by atoms with Gasteiger partial charge in [-0.1, -0.05) is 6.07 Å². The number of nitrogens with zero attached hydrogens (tertiary/aromatic N) is 1. The molecular weight excluding hydrogens is 155 g/mol. The molecule has 0 unspecified atom stereocenters. The summed E-state index contributed by atoms with van der Waals surface area (Å²) in [6, 6.07) is 4.75. The van der Waals surface area contributed by atoms with Crippen LogP contribution in [-0.2, 0) is 6.54 Å². The Balaban J connectivity index is 2.96. The molecule has 2 N–H and O–H groups in total. The third-order valence-electron chi connectivity index (χ3n) is 1.63. The maximum Gasteiger partial charge on any atom is 0.129 e. The number of halogens is 1. The second-order valence-electron chi connectivity index (χ2n) is 3.05. The summed E-state index contributed by atoms with van der Waals surface area (Å²) in [6.07, 6.45) is 0. The van der Waals surface area contributed by atoms with Crippen molar-refractivity contribution in [3.8, 4) is 0 Å². The van der Waals surface area contributed by atoms with E-state index >= 15 is 0 Å². The predicted octanol–water partition coefficient (Wildman–Crippen LogP) is 1.47. The van der Waals surface area contributed by atoms with Crippen molar-refractivity contribution in [1.82, 2.24) is 4.90 Å². The van der Waals surface area contributed by atoms with E-state index in [1.165, 1.54) is 6.07 Å². The minimum Gasteiger partial charge on any atom is -0.398 e. The second kappa shape index (κ2) is 3.54. The van der Waals surface area contributed by atoms with E-state index in [9.17, 15) is 4.39 Å². The van der Waals surface area contributed by atoms with Gasteiger partial charge in [0.05, 0.1) is 0 Å². The lowest BCUT2D eigenvalue weighted by molar-refractivity contribution is 0.393. The second-order valence-corrected chi connectivity index (χ2v) is 3.05. The first kappa shape index (κ1) is 9.00. The molecule has 0 aliphatic rings. The predicted molar refractivity (Wildman–Crippen MR) is 48.2 cm³/mol. The zero-order valence-corrected chi connectivity index (χ0v) is 7.34. The van der Waals surface area contributed by atoms with Crippen molar-refractivity contribution in [3.05, 3.63) is 29.6 Å². The van der Waals surface area contributed by atoms with E-state index in [0.717, 1.165) is 0 Å². The molecule has 1 aromatic carbocycles. The molecule has 0 saturated carbocycles. The van der Waals surface area contributed by atoms with Crippen LogP contribution in [-0.4, -0.2) is 19.0 Å². The number of nitrogens with two attached hydrogens (primary N) is 1. The fourth-order valence-corrected chi connectivity index (χ4v) is 1.06. The quantitative estimate of drug-likeness (QED) is 0.677. The zero-order valence-electron chi connectivity index (χ0n) is 7.34. The largest absolute Gasteiger partial charge is 0.398 e. The number of nitrogen functional groups attached to an aromatic ring is 1. The first-order chi connectivity index (χ1) is 5.61. The molecule has 0 heterocycles. The molecule has 1 aromatic rings. The highest BCUT2D eigenvalue weighted by molar-refractivity contribution is 5.47. The van der Waals surface area contributed by atoms with Crippen molar-refractivity contribution < 1.29 is 4.39 Å². The van der Waals surface area contributed by atoms with Crippen molar-refractivity contribution >= 4 is 5.69 Å². The van der Waals surface area contributed by atoms with Crippen LogP contribution < -0.4 is 5.73 Å². The topological polar surface area (TPSA) is 29.3 Å². The Hall–Kier alpha value is -1.09. The van der Waals surface area contributed by atoms with Crippen LogP contribution in [0.3, 0.4) is 0 Å². The molecule has 2 nitrogen and oxygen atoms in total. The molecule has 0 saturated heterocycles. The van der Waals surface area contributed by atoms with Crippen molar-refractivity contribution in [2.45, 2.75) is 6.54 Å². The van der Waals surface area contributed by atoms with Gasteiger partial charge < -0.3 is 10.6 Å². The van der Waals surface area contributed by atoms with Gasteiger partial charge in [-0.3, -0.25) is 0 Å².